The molecule has 10 heteroatoms. The topological polar surface area (TPSA) is 130 Å². The molecule has 0 unspecified atom stereocenters. The van der Waals surface area contributed by atoms with E-state index in [1.54, 1.807) is 53.6 Å². The van der Waals surface area contributed by atoms with Crippen molar-refractivity contribution in [3.05, 3.63) is 85.2 Å². The maximum absolute atomic E-state index is 13.3. The minimum Gasteiger partial charge on any atom is -0.346 e. The molecule has 0 radical (unpaired) electrons. The van der Waals surface area contributed by atoms with Crippen LogP contribution >= 0.6 is 0 Å². The molecule has 5 rings (SSSR count). The van der Waals surface area contributed by atoms with Crippen LogP contribution < -0.4 is 0 Å². The van der Waals surface area contributed by atoms with E-state index in [-0.39, 0.29) is 16.3 Å². The lowest BCUT2D eigenvalue weighted by atomic mass is 10.1. The molecule has 1 N–H and O–H groups in total. The second-order valence-corrected chi connectivity index (χ2v) is 9.13. The van der Waals surface area contributed by atoms with Gasteiger partial charge in [-0.25, -0.2) is 23.4 Å². The highest BCUT2D eigenvalue weighted by Crippen LogP contribution is 2.32. The minimum atomic E-state index is -3.89. The first-order valence-electron chi connectivity index (χ1n) is 10.0. The summed E-state index contributed by atoms with van der Waals surface area (Å²) in [7, 11) is -3.89. The fourth-order valence-corrected chi connectivity index (χ4v) is 5.21. The molecule has 162 valence electrons. The van der Waals surface area contributed by atoms with Crippen molar-refractivity contribution in [2.24, 2.45) is 0 Å². The standard InChI is InChI=1S/C23H17N7O2S/c24-10-8-20(18-7-4-11-26-23(18)33(31,32)17-5-2-1-3-6-17)30-14-16(13-29-30)21-19-9-12-25-22(19)28-15-27-21/h1-7,9,11-15,20H,8H2,(H,25,27,28)/t20-/m0/s1. The normalized spacial score (nSPS) is 12.5. The SMILES string of the molecule is N#CC[C@@H](c1cccnc1S(=O)(=O)c1ccccc1)n1cc(-c2ncnc3[nH]ccc23)cn1. The van der Waals surface area contributed by atoms with Gasteiger partial charge in [0.05, 0.1) is 35.3 Å². The molecule has 0 aliphatic heterocycles. The Labute approximate surface area is 189 Å². The van der Waals surface area contributed by atoms with Crippen LogP contribution in [0.15, 0.2) is 89.6 Å². The van der Waals surface area contributed by atoms with E-state index in [1.807, 2.05) is 6.07 Å². The molecule has 0 saturated carbocycles. The first kappa shape index (κ1) is 20.5. The van der Waals surface area contributed by atoms with Gasteiger partial charge in [-0.15, -0.1) is 0 Å². The molecule has 5 aromatic rings. The summed E-state index contributed by atoms with van der Waals surface area (Å²) in [4.78, 5) is 16.0. The third kappa shape index (κ3) is 3.64. The molecule has 0 spiro atoms. The summed E-state index contributed by atoms with van der Waals surface area (Å²) in [6, 6.07) is 14.8. The summed E-state index contributed by atoms with van der Waals surface area (Å²) >= 11 is 0. The van der Waals surface area contributed by atoms with Crippen LogP contribution in [0.4, 0.5) is 0 Å². The lowest BCUT2D eigenvalue weighted by molar-refractivity contribution is 0.516. The van der Waals surface area contributed by atoms with Crippen LogP contribution in [0.25, 0.3) is 22.3 Å². The predicted octanol–water partition coefficient (Wildman–Crippen LogP) is 3.55. The molecule has 4 aromatic heterocycles. The second kappa shape index (κ2) is 8.29. The number of nitrogens with one attached hydrogen (secondary N) is 1. The highest BCUT2D eigenvalue weighted by molar-refractivity contribution is 7.91. The van der Waals surface area contributed by atoms with Crippen molar-refractivity contribution in [1.82, 2.24) is 29.7 Å². The maximum Gasteiger partial charge on any atom is 0.224 e. The predicted molar refractivity (Wildman–Crippen MR) is 120 cm³/mol. The van der Waals surface area contributed by atoms with Crippen LogP contribution in [0.5, 0.6) is 0 Å². The summed E-state index contributed by atoms with van der Waals surface area (Å²) < 4.78 is 28.3. The number of benzene rings is 1. The number of H-pyrrole nitrogens is 1. The second-order valence-electron chi connectivity index (χ2n) is 7.26. The van der Waals surface area contributed by atoms with Crippen LogP contribution in [0, 0.1) is 11.3 Å². The number of nitrogens with zero attached hydrogens (tertiary/aromatic N) is 6. The quantitative estimate of drug-likeness (QED) is 0.414. The number of fused-ring (bicyclic) bond motifs is 1. The van der Waals surface area contributed by atoms with Crippen molar-refractivity contribution in [3.8, 4) is 17.3 Å². The highest BCUT2D eigenvalue weighted by Gasteiger charge is 2.28. The lowest BCUT2D eigenvalue weighted by Crippen LogP contribution is -2.16. The van der Waals surface area contributed by atoms with E-state index in [4.69, 9.17) is 0 Å². The monoisotopic (exact) mass is 455 g/mol. The van der Waals surface area contributed by atoms with E-state index in [9.17, 15) is 13.7 Å². The molecule has 4 heterocycles. The number of nitriles is 1. The van der Waals surface area contributed by atoms with Gasteiger partial charge in [0.1, 0.15) is 12.0 Å². The molecule has 0 aliphatic carbocycles. The van der Waals surface area contributed by atoms with Gasteiger partial charge in [0.15, 0.2) is 5.03 Å². The Morgan fingerprint density at radius 3 is 2.73 bits per heavy atom. The average Bonchev–Trinajstić information content (AvgIpc) is 3.53. The molecule has 9 nitrogen and oxygen atoms in total. The van der Waals surface area contributed by atoms with Crippen molar-refractivity contribution >= 4 is 20.9 Å². The van der Waals surface area contributed by atoms with Crippen molar-refractivity contribution in [3.63, 3.8) is 0 Å². The Morgan fingerprint density at radius 1 is 1.06 bits per heavy atom. The van der Waals surface area contributed by atoms with E-state index < -0.39 is 15.9 Å². The van der Waals surface area contributed by atoms with Gasteiger partial charge in [-0.1, -0.05) is 24.3 Å². The van der Waals surface area contributed by atoms with Crippen molar-refractivity contribution < 1.29 is 8.42 Å². The fraction of sp³-hybridized carbons (Fsp3) is 0.0870. The number of hydrogen-bond donors (Lipinski definition) is 1. The van der Waals surface area contributed by atoms with Crippen molar-refractivity contribution in [2.45, 2.75) is 22.4 Å². The van der Waals surface area contributed by atoms with Crippen LogP contribution in [0.1, 0.15) is 18.0 Å². The molecule has 0 fully saturated rings. The summed E-state index contributed by atoms with van der Waals surface area (Å²) in [5.41, 5.74) is 2.50. The molecule has 33 heavy (non-hydrogen) atoms. The molecule has 1 aromatic carbocycles. The van der Waals surface area contributed by atoms with Gasteiger partial charge >= 0.3 is 0 Å². The summed E-state index contributed by atoms with van der Waals surface area (Å²) in [5.74, 6) is 0. The number of rotatable bonds is 6. The zero-order valence-corrected chi connectivity index (χ0v) is 18.0. The third-order valence-electron chi connectivity index (χ3n) is 5.30. The first-order valence-corrected chi connectivity index (χ1v) is 11.5. The fourth-order valence-electron chi connectivity index (χ4n) is 3.76. The third-order valence-corrected chi connectivity index (χ3v) is 7.04. The highest BCUT2D eigenvalue weighted by atomic mass is 32.2. The summed E-state index contributed by atoms with van der Waals surface area (Å²) in [6.45, 7) is 0. The van der Waals surface area contributed by atoms with Crippen LogP contribution in [-0.4, -0.2) is 38.1 Å². The smallest absolute Gasteiger partial charge is 0.224 e. The zero-order chi connectivity index (χ0) is 22.8. The average molecular weight is 456 g/mol. The largest absolute Gasteiger partial charge is 0.346 e. The Kier molecular flexibility index (Phi) is 5.16. The van der Waals surface area contributed by atoms with Gasteiger partial charge in [0.25, 0.3) is 0 Å². The van der Waals surface area contributed by atoms with Crippen LogP contribution in [0.2, 0.25) is 0 Å². The molecule has 0 amide bonds. The zero-order valence-electron chi connectivity index (χ0n) is 17.2. The number of aromatic amines is 1. The van der Waals surface area contributed by atoms with E-state index in [0.717, 1.165) is 10.9 Å². The number of aromatic nitrogens is 6. The summed E-state index contributed by atoms with van der Waals surface area (Å²) in [5, 5.41) is 14.7. The molecule has 0 aliphatic rings. The number of sulfone groups is 1. The number of hydrogen-bond acceptors (Lipinski definition) is 7. The molecule has 0 bridgehead atoms. The lowest BCUT2D eigenvalue weighted by Gasteiger charge is -2.18. The van der Waals surface area contributed by atoms with Gasteiger partial charge in [-0.05, 0) is 24.3 Å². The van der Waals surface area contributed by atoms with Crippen molar-refractivity contribution in [2.75, 3.05) is 0 Å². The van der Waals surface area contributed by atoms with Gasteiger partial charge in [0.2, 0.25) is 9.84 Å². The van der Waals surface area contributed by atoms with E-state index >= 15 is 0 Å². The number of pyridine rings is 1. The van der Waals surface area contributed by atoms with Crippen LogP contribution in [-0.2, 0) is 9.84 Å². The molecule has 1 atom stereocenters. The first-order chi connectivity index (χ1) is 16.1. The van der Waals surface area contributed by atoms with Gasteiger partial charge in [-0.3, -0.25) is 4.68 Å². The van der Waals surface area contributed by atoms with Gasteiger partial charge in [-0.2, -0.15) is 10.4 Å². The maximum atomic E-state index is 13.3. The Balaban J connectivity index is 1.61. The van der Waals surface area contributed by atoms with Gasteiger partial charge in [0, 0.05) is 35.1 Å². The molecular formula is C23H17N7O2S. The Morgan fingerprint density at radius 2 is 1.91 bits per heavy atom. The summed E-state index contributed by atoms with van der Waals surface area (Å²) in [6.07, 6.45) is 8.07. The molecular weight excluding hydrogens is 438 g/mol. The van der Waals surface area contributed by atoms with Gasteiger partial charge < -0.3 is 4.98 Å². The Hall–Kier alpha value is -4.36. The van der Waals surface area contributed by atoms with E-state index in [1.165, 1.54) is 24.7 Å². The minimum absolute atomic E-state index is 0.00740. The van der Waals surface area contributed by atoms with Crippen molar-refractivity contribution in [1.29, 1.82) is 5.26 Å². The van der Waals surface area contributed by atoms with E-state index in [2.05, 4.69) is 31.1 Å². The van der Waals surface area contributed by atoms with Crippen LogP contribution in [0.3, 0.4) is 0 Å². The Bertz CT molecular complexity index is 1580. The molecule has 0 saturated heterocycles. The van der Waals surface area contributed by atoms with E-state index in [0.29, 0.717) is 16.9 Å².